The summed E-state index contributed by atoms with van der Waals surface area (Å²) in [5, 5.41) is 0. The van der Waals surface area contributed by atoms with Crippen LogP contribution in [0, 0.1) is 0 Å². The molecule has 0 radical (unpaired) electrons. The molecular weight excluding hydrogens is 382 g/mol. The molecule has 0 aromatic heterocycles. The van der Waals surface area contributed by atoms with Crippen molar-refractivity contribution in [1.82, 2.24) is 0 Å². The Hall–Kier alpha value is 1.38. The monoisotopic (exact) mass is 418 g/mol. The molecule has 0 bridgehead atoms. The summed E-state index contributed by atoms with van der Waals surface area (Å²) in [5.74, 6) is 0. The Kier molecular flexibility index (Phi) is 0.813. The first-order valence-corrected chi connectivity index (χ1v) is 20.4. The maximum atomic E-state index is 2.67. The van der Waals surface area contributed by atoms with Gasteiger partial charge in [0, 0.05) is 0 Å². The van der Waals surface area contributed by atoms with Crippen LogP contribution < -0.4 is 0 Å². The molecule has 3 heteroatoms. The van der Waals surface area contributed by atoms with E-state index < -0.39 is 6.51 Å². The number of hydrogen-bond acceptors (Lipinski definition) is 0. The normalized spacial score (nSPS) is 89.4. The van der Waals surface area contributed by atoms with Gasteiger partial charge >= 0.3 is 147 Å². The summed E-state index contributed by atoms with van der Waals surface area (Å²) < 4.78 is 2.26. The molecule has 0 aliphatic carbocycles. The minimum atomic E-state index is -3.22. The molecule has 25 heavy (non-hydrogen) atoms. The number of rotatable bonds is 6. The average molecular weight is 418 g/mol. The summed E-state index contributed by atoms with van der Waals surface area (Å²) >= 11 is 0. The van der Waals surface area contributed by atoms with Crippen LogP contribution in [0.4, 0.5) is 0 Å². The molecule has 10 heterocycles. The van der Waals surface area contributed by atoms with E-state index >= 15 is 0 Å². The summed E-state index contributed by atoms with van der Waals surface area (Å²) in [6.07, 6.45) is 0. The number of hydrogen-bond donors (Lipinski definition) is 0. The Balaban J connectivity index is 1.41. The van der Waals surface area contributed by atoms with Crippen molar-refractivity contribution in [3.8, 4) is 0 Å². The third kappa shape index (κ3) is 0.211. The van der Waals surface area contributed by atoms with Gasteiger partial charge in [0.15, 0.2) is 0 Å². The van der Waals surface area contributed by atoms with Crippen LogP contribution in [0.25, 0.3) is 0 Å². The maximum absolute atomic E-state index is 3.22. The van der Waals surface area contributed by atoms with Crippen LogP contribution in [0.2, 0.25) is 38.5 Å². The first-order valence-electron chi connectivity index (χ1n) is 11.2. The van der Waals surface area contributed by atoms with Crippen LogP contribution in [0.3, 0.4) is 0 Å². The molecule has 10 fully saturated rings. The molecule has 1 spiro atoms. The van der Waals surface area contributed by atoms with E-state index in [0.717, 1.165) is 30.7 Å². The van der Waals surface area contributed by atoms with Gasteiger partial charge in [-0.05, 0) is 0 Å². The van der Waals surface area contributed by atoms with Gasteiger partial charge in [0.05, 0.1) is 0 Å². The van der Waals surface area contributed by atoms with Gasteiger partial charge in [0.25, 0.3) is 0 Å². The second-order valence-electron chi connectivity index (χ2n) is 14.9. The van der Waals surface area contributed by atoms with Crippen molar-refractivity contribution in [1.29, 1.82) is 0 Å². The third-order valence-corrected chi connectivity index (χ3v) is 76.2. The fourth-order valence-electron chi connectivity index (χ4n) is 20.5. The molecule has 10 aliphatic rings. The van der Waals surface area contributed by atoms with Gasteiger partial charge in [-0.2, -0.15) is 0 Å². The van der Waals surface area contributed by atoms with E-state index in [4.69, 9.17) is 0 Å². The Morgan fingerprint density at radius 1 is 0.520 bits per heavy atom. The van der Waals surface area contributed by atoms with Gasteiger partial charge in [-0.1, -0.05) is 0 Å². The predicted molar refractivity (Wildman–Crippen MR) is 110 cm³/mol. The molecule has 0 nitrogen and oxygen atoms in total. The molecule has 0 N–H and O–H groups in total. The quantitative estimate of drug-likeness (QED) is 0.305. The summed E-state index contributed by atoms with van der Waals surface area (Å²) in [6, 6.07) is 0. The van der Waals surface area contributed by atoms with Gasteiger partial charge < -0.3 is 0 Å². The van der Waals surface area contributed by atoms with Gasteiger partial charge in [0.1, 0.15) is 0 Å². The van der Waals surface area contributed by atoms with E-state index in [1.54, 1.807) is 0 Å². The molecular formula is C22H36FeP2. The topological polar surface area (TPSA) is 0 Å². The Bertz CT molecular complexity index is 1070. The second kappa shape index (κ2) is 1.50. The summed E-state index contributed by atoms with van der Waals surface area (Å²) in [6.45, 7) is 18.1. The minimum absolute atomic E-state index is 0.290. The standard InChI is InChI=1S/C17H31P2.C5H5.Fe/c1-12(2)18(13(3)4)16-10-9-11-17(16)19(14(5)6)15(7)8;1-2-4-5-3-1;/h9-15H,1-8H3;1-5H;. The van der Waals surface area contributed by atoms with Crippen LogP contribution in [-0.4, -0.2) is 30.7 Å². The van der Waals surface area contributed by atoms with Crippen molar-refractivity contribution < 1.29 is 6.51 Å². The first kappa shape index (κ1) is 13.6. The van der Waals surface area contributed by atoms with Crippen LogP contribution in [-0.2, 0) is 6.51 Å². The van der Waals surface area contributed by atoms with Crippen molar-refractivity contribution in [3.63, 3.8) is 0 Å². The van der Waals surface area contributed by atoms with E-state index in [1.165, 1.54) is 38.5 Å². The van der Waals surface area contributed by atoms with Crippen molar-refractivity contribution in [2.24, 2.45) is 0 Å². The van der Waals surface area contributed by atoms with E-state index in [-0.39, 0.29) is 15.8 Å². The Labute approximate surface area is 146 Å². The second-order valence-corrected chi connectivity index (χ2v) is 46.0. The molecule has 0 amide bonds. The van der Waals surface area contributed by atoms with E-state index in [2.05, 4.69) is 55.4 Å². The Morgan fingerprint density at radius 3 is 0.960 bits per heavy atom. The van der Waals surface area contributed by atoms with Crippen molar-refractivity contribution in [3.05, 3.63) is 0 Å². The van der Waals surface area contributed by atoms with Crippen LogP contribution in [0.15, 0.2) is 0 Å². The zero-order valence-corrected chi connectivity index (χ0v) is 20.1. The van der Waals surface area contributed by atoms with Gasteiger partial charge in [-0.3, -0.25) is 0 Å². The Morgan fingerprint density at radius 2 is 0.800 bits per heavy atom. The fourth-order valence-corrected chi connectivity index (χ4v) is 131. The van der Waals surface area contributed by atoms with Crippen LogP contribution in [0.1, 0.15) is 55.4 Å². The molecule has 0 aromatic rings. The summed E-state index contributed by atoms with van der Waals surface area (Å²) in [4.78, 5) is 11.9. The SMILES string of the molecule is CC(C)P(C(C)C)[C]12[CH]3[CH]4[CH]5[C]1(P(C(C)C)C(C)C)[Fe]43521678[CH]2[CH]1[CH]6[CH]7[CH]28. The molecule has 142 valence electrons. The summed E-state index contributed by atoms with van der Waals surface area (Å²) in [7, 11) is 0.579. The van der Waals surface area contributed by atoms with Gasteiger partial charge in [-0.15, -0.1) is 0 Å². The summed E-state index contributed by atoms with van der Waals surface area (Å²) in [5.41, 5.74) is 4.07. The fraction of sp³-hybridized carbons (Fsp3) is 1.00. The zero-order valence-electron chi connectivity index (χ0n) is 17.2. The van der Waals surface area contributed by atoms with Crippen molar-refractivity contribution in [2.75, 3.05) is 0 Å². The number of fused-ring (bicyclic) bond motifs is 10. The van der Waals surface area contributed by atoms with E-state index in [0.29, 0.717) is 0 Å². The molecule has 4 unspecified atom stereocenters. The molecule has 4 atom stereocenters. The molecule has 10 rings (SSSR count). The van der Waals surface area contributed by atoms with Crippen molar-refractivity contribution >= 4 is 15.8 Å². The van der Waals surface area contributed by atoms with Crippen LogP contribution in [0.5, 0.6) is 0 Å². The van der Waals surface area contributed by atoms with Gasteiger partial charge in [-0.25, -0.2) is 0 Å². The van der Waals surface area contributed by atoms with Crippen LogP contribution >= 0.6 is 15.8 Å². The van der Waals surface area contributed by atoms with Gasteiger partial charge in [0.2, 0.25) is 0 Å². The molecule has 0 saturated carbocycles. The average Bonchev–Trinajstić information content (AvgIpc) is 3.40. The van der Waals surface area contributed by atoms with E-state index in [9.17, 15) is 0 Å². The zero-order chi connectivity index (χ0) is 17.4. The van der Waals surface area contributed by atoms with Crippen molar-refractivity contribution in [2.45, 2.75) is 125 Å². The molecule has 10 aliphatic heterocycles. The molecule has 10 saturated heterocycles. The predicted octanol–water partition coefficient (Wildman–Crippen LogP) is 7.79. The van der Waals surface area contributed by atoms with E-state index in [1.807, 2.05) is 0 Å². The molecule has 0 aromatic carbocycles. The third-order valence-electron chi connectivity index (χ3n) is 17.7. The first-order chi connectivity index (χ1) is 11.5.